The number of nitrogens with one attached hydrogen (secondary N) is 1. The molecular formula is C25H44NO2P. The van der Waals surface area contributed by atoms with E-state index in [-0.39, 0.29) is 5.16 Å². The van der Waals surface area contributed by atoms with Crippen molar-refractivity contribution in [3.8, 4) is 5.75 Å². The molecule has 0 bridgehead atoms. The van der Waals surface area contributed by atoms with Gasteiger partial charge in [0.1, 0.15) is 0 Å². The molecular weight excluding hydrogens is 377 g/mol. The summed E-state index contributed by atoms with van der Waals surface area (Å²) in [5.41, 5.74) is 3.18. The van der Waals surface area contributed by atoms with E-state index in [9.17, 15) is 4.79 Å². The summed E-state index contributed by atoms with van der Waals surface area (Å²) in [6.45, 7) is 11.0. The van der Waals surface area contributed by atoms with Gasteiger partial charge in [0.15, 0.2) is 0 Å². The molecule has 0 heterocycles. The summed E-state index contributed by atoms with van der Waals surface area (Å²) in [5.74, 6) is 1.18. The normalized spacial score (nSPS) is 15.8. The first kappa shape index (κ1) is 24.2. The van der Waals surface area contributed by atoms with Gasteiger partial charge in [-0.2, -0.15) is 0 Å². The Labute approximate surface area is 179 Å². The van der Waals surface area contributed by atoms with Gasteiger partial charge < -0.3 is 0 Å². The molecule has 0 unspecified atom stereocenters. The average Bonchev–Trinajstić information content (AvgIpc) is 3.52. The van der Waals surface area contributed by atoms with Crippen molar-refractivity contribution < 1.29 is 9.53 Å². The molecule has 1 fully saturated rings. The molecule has 1 saturated carbocycles. The number of anilines is 1. The molecule has 0 aliphatic heterocycles. The van der Waals surface area contributed by atoms with Crippen molar-refractivity contribution in [1.82, 2.24) is 0 Å². The Morgan fingerprint density at radius 3 is 1.76 bits per heavy atom. The Bertz CT molecular complexity index is 637. The zero-order valence-electron chi connectivity index (χ0n) is 19.7. The summed E-state index contributed by atoms with van der Waals surface area (Å²) in [7, 11) is 0.0141. The van der Waals surface area contributed by atoms with Crippen LogP contribution in [0.15, 0.2) is 12.1 Å². The molecule has 1 aliphatic rings. The SMILES string of the molecule is CCCC[PH](CCCC)(CCCC)C1(C(=O)Nc2c(C)cc(OC)cc2C)CC1. The number of hydrogen-bond acceptors (Lipinski definition) is 2. The predicted molar refractivity (Wildman–Crippen MR) is 131 cm³/mol. The first-order valence-electron chi connectivity index (χ1n) is 11.9. The number of benzene rings is 1. The van der Waals surface area contributed by atoms with Crippen LogP contribution in [-0.2, 0) is 4.79 Å². The summed E-state index contributed by atoms with van der Waals surface area (Å²) in [5, 5.41) is 3.37. The van der Waals surface area contributed by atoms with Crippen LogP contribution < -0.4 is 10.1 Å². The number of hydrogen-bond donors (Lipinski definition) is 1. The van der Waals surface area contributed by atoms with Gasteiger partial charge in [-0.1, -0.05) is 0 Å². The van der Waals surface area contributed by atoms with E-state index in [1.807, 2.05) is 12.1 Å². The Hall–Kier alpha value is -1.08. The molecule has 3 nitrogen and oxygen atoms in total. The molecule has 0 radical (unpaired) electrons. The Morgan fingerprint density at radius 1 is 0.966 bits per heavy atom. The third-order valence-corrected chi connectivity index (χ3v) is 13.9. The first-order chi connectivity index (χ1) is 13.9. The van der Waals surface area contributed by atoms with Gasteiger partial charge >= 0.3 is 179 Å². The minimum atomic E-state index is -1.68. The molecule has 0 spiro atoms. The number of unbranched alkanes of at least 4 members (excludes halogenated alkanes) is 3. The number of methoxy groups -OCH3 is 1. The van der Waals surface area contributed by atoms with Crippen molar-refractivity contribution in [2.45, 2.75) is 91.1 Å². The van der Waals surface area contributed by atoms with E-state index >= 15 is 0 Å². The fourth-order valence-corrected chi connectivity index (χ4v) is 12.2. The predicted octanol–water partition coefficient (Wildman–Crippen LogP) is 6.93. The van der Waals surface area contributed by atoms with Crippen molar-refractivity contribution in [2.75, 3.05) is 30.9 Å². The molecule has 1 aliphatic carbocycles. The first-order valence-corrected chi connectivity index (χ1v) is 14.5. The monoisotopic (exact) mass is 421 g/mol. The van der Waals surface area contributed by atoms with Crippen LogP contribution in [0.25, 0.3) is 0 Å². The van der Waals surface area contributed by atoms with Crippen LogP contribution in [0.4, 0.5) is 5.69 Å². The van der Waals surface area contributed by atoms with Gasteiger partial charge in [0, 0.05) is 0 Å². The minimum absolute atomic E-state index is 0.0364. The standard InChI is InChI=1S/C25H44NO2P/c1-7-10-15-29(16-11-8-2,17-12-9-3)25(13-14-25)24(27)26-23-20(4)18-22(28-6)19-21(23)5/h18-19,29H,7-17H2,1-6H3,(H,26,27). The quantitative estimate of drug-likeness (QED) is 0.351. The van der Waals surface area contributed by atoms with Gasteiger partial charge in [0.2, 0.25) is 0 Å². The number of aryl methyl sites for hydroxylation is 2. The van der Waals surface area contributed by atoms with Crippen LogP contribution in [0.1, 0.15) is 83.3 Å². The summed E-state index contributed by atoms with van der Waals surface area (Å²) in [6, 6.07) is 4.05. The van der Waals surface area contributed by atoms with Gasteiger partial charge in [0.05, 0.1) is 0 Å². The van der Waals surface area contributed by atoms with Crippen LogP contribution in [-0.4, -0.2) is 36.7 Å². The van der Waals surface area contributed by atoms with E-state index < -0.39 is 7.26 Å². The molecule has 166 valence electrons. The van der Waals surface area contributed by atoms with Crippen molar-refractivity contribution in [3.63, 3.8) is 0 Å². The zero-order valence-corrected chi connectivity index (χ0v) is 20.7. The average molecular weight is 422 g/mol. The van der Waals surface area contributed by atoms with Crippen LogP contribution >= 0.6 is 7.26 Å². The van der Waals surface area contributed by atoms with Gasteiger partial charge in [0.25, 0.3) is 0 Å². The molecule has 29 heavy (non-hydrogen) atoms. The van der Waals surface area contributed by atoms with Gasteiger partial charge in [-0.15, -0.1) is 0 Å². The number of rotatable bonds is 13. The topological polar surface area (TPSA) is 38.3 Å². The second-order valence-corrected chi connectivity index (χ2v) is 14.3. The summed E-state index contributed by atoms with van der Waals surface area (Å²) >= 11 is 0. The molecule has 0 saturated heterocycles. The fraction of sp³-hybridized carbons (Fsp3) is 0.720. The molecule has 1 aromatic rings. The van der Waals surface area contributed by atoms with E-state index in [0.717, 1.165) is 35.4 Å². The molecule has 1 amide bonds. The summed E-state index contributed by atoms with van der Waals surface area (Å²) < 4.78 is 5.40. The van der Waals surface area contributed by atoms with Crippen LogP contribution in [0, 0.1) is 13.8 Å². The number of carbonyl (C=O) groups is 1. The molecule has 0 aromatic heterocycles. The van der Waals surface area contributed by atoms with Crippen molar-refractivity contribution >= 4 is 18.9 Å². The van der Waals surface area contributed by atoms with Crippen molar-refractivity contribution in [1.29, 1.82) is 0 Å². The second kappa shape index (κ2) is 10.8. The van der Waals surface area contributed by atoms with Crippen LogP contribution in [0.5, 0.6) is 5.75 Å². The Morgan fingerprint density at radius 2 is 1.41 bits per heavy atom. The summed E-state index contributed by atoms with van der Waals surface area (Å²) in [4.78, 5) is 13.8. The van der Waals surface area contributed by atoms with Crippen molar-refractivity contribution in [3.05, 3.63) is 23.3 Å². The van der Waals surface area contributed by atoms with E-state index in [2.05, 4.69) is 39.9 Å². The Kier molecular flexibility index (Phi) is 9.01. The number of ether oxygens (including phenoxy) is 1. The van der Waals surface area contributed by atoms with Gasteiger partial charge in [-0.3, -0.25) is 0 Å². The third kappa shape index (κ3) is 5.35. The number of amides is 1. The molecule has 1 N–H and O–H groups in total. The van der Waals surface area contributed by atoms with Crippen LogP contribution in [0.2, 0.25) is 0 Å². The van der Waals surface area contributed by atoms with Gasteiger partial charge in [-0.25, -0.2) is 0 Å². The molecule has 4 heteroatoms. The molecule has 1 aromatic carbocycles. The molecule has 2 rings (SSSR count). The third-order valence-electron chi connectivity index (χ3n) is 7.21. The van der Waals surface area contributed by atoms with E-state index in [0.29, 0.717) is 5.91 Å². The maximum absolute atomic E-state index is 13.8. The van der Waals surface area contributed by atoms with Crippen LogP contribution in [0.3, 0.4) is 0 Å². The van der Waals surface area contributed by atoms with Gasteiger partial charge in [-0.05, 0) is 0 Å². The second-order valence-electron chi connectivity index (χ2n) is 9.26. The maximum atomic E-state index is 13.8. The fourth-order valence-electron chi connectivity index (χ4n) is 5.23. The van der Waals surface area contributed by atoms with E-state index in [4.69, 9.17) is 4.74 Å². The number of carbonyl (C=O) groups excluding carboxylic acids is 1. The van der Waals surface area contributed by atoms with E-state index in [1.54, 1.807) is 7.11 Å². The Balaban J connectivity index is 2.34. The van der Waals surface area contributed by atoms with E-state index in [1.165, 1.54) is 57.0 Å². The zero-order chi connectivity index (χ0) is 21.5. The summed E-state index contributed by atoms with van der Waals surface area (Å²) in [6.07, 6.45) is 13.8. The van der Waals surface area contributed by atoms with Crippen molar-refractivity contribution in [2.24, 2.45) is 0 Å². The molecule has 0 atom stereocenters.